The van der Waals surface area contributed by atoms with Gasteiger partial charge in [-0.2, -0.15) is 5.10 Å². The first kappa shape index (κ1) is 21.1. The van der Waals surface area contributed by atoms with Crippen LogP contribution >= 0.6 is 0 Å². The molecule has 2 aromatic rings. The smallest absolute Gasteiger partial charge is 0.313 e. The zero-order valence-electron chi connectivity index (χ0n) is 17.3. The van der Waals surface area contributed by atoms with Crippen LogP contribution in [0, 0.1) is 5.41 Å². The third kappa shape index (κ3) is 5.68. The lowest BCUT2D eigenvalue weighted by Gasteiger charge is -2.41. The number of esters is 1. The minimum Gasteiger partial charge on any atom is -0.466 e. The van der Waals surface area contributed by atoms with Crippen molar-refractivity contribution >= 4 is 11.9 Å². The summed E-state index contributed by atoms with van der Waals surface area (Å²) in [5, 5.41) is 4.16. The van der Waals surface area contributed by atoms with E-state index in [-0.39, 0.29) is 11.9 Å². The molecule has 0 N–H and O–H groups in total. The van der Waals surface area contributed by atoms with Crippen LogP contribution < -0.4 is 0 Å². The van der Waals surface area contributed by atoms with Crippen molar-refractivity contribution in [1.29, 1.82) is 0 Å². The molecule has 1 saturated heterocycles. The van der Waals surface area contributed by atoms with E-state index in [4.69, 9.17) is 4.74 Å². The number of aryl methyl sites for hydroxylation is 2. The van der Waals surface area contributed by atoms with Gasteiger partial charge in [-0.05, 0) is 50.7 Å². The fourth-order valence-corrected chi connectivity index (χ4v) is 4.18. The van der Waals surface area contributed by atoms with E-state index < -0.39 is 5.41 Å². The Bertz CT molecular complexity index is 776. The molecule has 1 fully saturated rings. The van der Waals surface area contributed by atoms with E-state index >= 15 is 0 Å². The van der Waals surface area contributed by atoms with Gasteiger partial charge < -0.3 is 9.64 Å². The Morgan fingerprint density at radius 3 is 2.76 bits per heavy atom. The van der Waals surface area contributed by atoms with Crippen molar-refractivity contribution in [2.45, 2.75) is 52.0 Å². The van der Waals surface area contributed by atoms with Crippen molar-refractivity contribution in [2.75, 3.05) is 19.7 Å². The Morgan fingerprint density at radius 2 is 2.03 bits per heavy atom. The maximum absolute atomic E-state index is 12.9. The highest BCUT2D eigenvalue weighted by Gasteiger charge is 2.44. The summed E-state index contributed by atoms with van der Waals surface area (Å²) >= 11 is 0. The summed E-state index contributed by atoms with van der Waals surface area (Å²) in [6.45, 7) is 3.93. The molecule has 2 heterocycles. The number of piperidine rings is 1. The molecule has 0 aliphatic carbocycles. The van der Waals surface area contributed by atoms with Crippen LogP contribution in [-0.4, -0.2) is 46.3 Å². The van der Waals surface area contributed by atoms with Crippen molar-refractivity contribution in [3.8, 4) is 0 Å². The lowest BCUT2D eigenvalue weighted by atomic mass is 9.75. The van der Waals surface area contributed by atoms with Crippen molar-refractivity contribution in [1.82, 2.24) is 14.7 Å². The molecule has 6 nitrogen and oxygen atoms in total. The van der Waals surface area contributed by atoms with Crippen LogP contribution in [0.2, 0.25) is 0 Å². The predicted molar refractivity (Wildman–Crippen MR) is 111 cm³/mol. The van der Waals surface area contributed by atoms with Crippen molar-refractivity contribution < 1.29 is 14.3 Å². The monoisotopic (exact) mass is 397 g/mol. The van der Waals surface area contributed by atoms with Gasteiger partial charge in [0, 0.05) is 38.4 Å². The number of nitrogens with zero attached hydrogens (tertiary/aromatic N) is 3. The average Bonchev–Trinajstić information content (AvgIpc) is 3.27. The van der Waals surface area contributed by atoms with Crippen LogP contribution in [0.25, 0.3) is 0 Å². The number of carbonyl (C=O) groups is 2. The van der Waals surface area contributed by atoms with Crippen LogP contribution in [0.3, 0.4) is 0 Å². The van der Waals surface area contributed by atoms with E-state index in [0.29, 0.717) is 32.7 Å². The van der Waals surface area contributed by atoms with Crippen molar-refractivity contribution in [3.05, 3.63) is 54.4 Å². The third-order valence-electron chi connectivity index (χ3n) is 5.72. The topological polar surface area (TPSA) is 64.4 Å². The van der Waals surface area contributed by atoms with Gasteiger partial charge in [-0.15, -0.1) is 0 Å². The lowest BCUT2D eigenvalue weighted by Crippen LogP contribution is -2.50. The molecule has 1 atom stereocenters. The normalized spacial score (nSPS) is 19.1. The molecule has 3 rings (SSSR count). The number of amides is 1. The number of benzene rings is 1. The summed E-state index contributed by atoms with van der Waals surface area (Å²) < 4.78 is 7.21. The second-order valence-electron chi connectivity index (χ2n) is 7.78. The van der Waals surface area contributed by atoms with Gasteiger partial charge >= 0.3 is 5.97 Å². The molecule has 156 valence electrons. The first-order chi connectivity index (χ1) is 14.1. The maximum atomic E-state index is 12.9. The molecule has 1 aromatic heterocycles. The van der Waals surface area contributed by atoms with E-state index in [1.54, 1.807) is 10.9 Å². The van der Waals surface area contributed by atoms with E-state index in [9.17, 15) is 9.59 Å². The van der Waals surface area contributed by atoms with Gasteiger partial charge in [0.1, 0.15) is 0 Å². The minimum atomic E-state index is -0.593. The molecule has 0 bridgehead atoms. The van der Waals surface area contributed by atoms with E-state index in [1.807, 2.05) is 42.3 Å². The Kier molecular flexibility index (Phi) is 7.44. The summed E-state index contributed by atoms with van der Waals surface area (Å²) in [6.07, 6.45) is 8.14. The number of hydrogen-bond donors (Lipinski definition) is 0. The molecule has 1 amide bonds. The highest BCUT2D eigenvalue weighted by molar-refractivity contribution is 5.80. The Morgan fingerprint density at radius 1 is 1.21 bits per heavy atom. The summed E-state index contributed by atoms with van der Waals surface area (Å²) in [4.78, 5) is 27.5. The molecular formula is C23H31N3O3. The molecule has 29 heavy (non-hydrogen) atoms. The number of hydrogen-bond acceptors (Lipinski definition) is 4. The summed E-state index contributed by atoms with van der Waals surface area (Å²) in [7, 11) is 0. The SMILES string of the molecule is CCOC(=O)[C@@]1(CCCc2ccccc2)CCCN(C(=O)CCn2cccn2)C1. The molecule has 6 heteroatoms. The zero-order valence-corrected chi connectivity index (χ0v) is 17.3. The van der Waals surface area contributed by atoms with Crippen LogP contribution in [0.4, 0.5) is 0 Å². The van der Waals surface area contributed by atoms with Crippen LogP contribution in [-0.2, 0) is 27.3 Å². The highest BCUT2D eigenvalue weighted by atomic mass is 16.5. The fraction of sp³-hybridized carbons (Fsp3) is 0.522. The lowest BCUT2D eigenvalue weighted by molar-refractivity contribution is -0.161. The van der Waals surface area contributed by atoms with Crippen molar-refractivity contribution in [3.63, 3.8) is 0 Å². The zero-order chi connectivity index (χ0) is 20.5. The molecule has 1 aliphatic heterocycles. The average molecular weight is 398 g/mol. The maximum Gasteiger partial charge on any atom is 0.313 e. The van der Waals surface area contributed by atoms with Gasteiger partial charge in [-0.1, -0.05) is 30.3 Å². The molecular weight excluding hydrogens is 366 g/mol. The second-order valence-corrected chi connectivity index (χ2v) is 7.78. The number of carbonyl (C=O) groups excluding carboxylic acids is 2. The molecule has 0 spiro atoms. The molecule has 1 aliphatic rings. The van der Waals surface area contributed by atoms with Crippen LogP contribution in [0.1, 0.15) is 44.6 Å². The van der Waals surface area contributed by atoms with Crippen LogP contribution in [0.5, 0.6) is 0 Å². The van der Waals surface area contributed by atoms with Gasteiger partial charge in [0.2, 0.25) is 5.91 Å². The quantitative estimate of drug-likeness (QED) is 0.608. The van der Waals surface area contributed by atoms with Gasteiger partial charge in [0.15, 0.2) is 0 Å². The predicted octanol–water partition coefficient (Wildman–Crippen LogP) is 3.47. The first-order valence-corrected chi connectivity index (χ1v) is 10.6. The number of aromatic nitrogens is 2. The van der Waals surface area contributed by atoms with E-state index in [2.05, 4.69) is 17.2 Å². The van der Waals surface area contributed by atoms with E-state index in [0.717, 1.165) is 32.1 Å². The molecule has 0 radical (unpaired) electrons. The number of rotatable bonds is 9. The van der Waals surface area contributed by atoms with Gasteiger partial charge in [-0.25, -0.2) is 0 Å². The second kappa shape index (κ2) is 10.2. The van der Waals surface area contributed by atoms with Gasteiger partial charge in [0.25, 0.3) is 0 Å². The summed E-state index contributed by atoms with van der Waals surface area (Å²) in [5.41, 5.74) is 0.680. The Balaban J connectivity index is 1.62. The fourth-order valence-electron chi connectivity index (χ4n) is 4.18. The minimum absolute atomic E-state index is 0.0805. The van der Waals surface area contributed by atoms with E-state index in [1.165, 1.54) is 5.56 Å². The van der Waals surface area contributed by atoms with Gasteiger partial charge in [0.05, 0.1) is 12.0 Å². The summed E-state index contributed by atoms with van der Waals surface area (Å²) in [6, 6.07) is 12.2. The summed E-state index contributed by atoms with van der Waals surface area (Å²) in [5.74, 6) is -0.0745. The first-order valence-electron chi connectivity index (χ1n) is 10.6. The highest BCUT2D eigenvalue weighted by Crippen LogP contribution is 2.37. The number of likely N-dealkylation sites (tertiary alicyclic amines) is 1. The van der Waals surface area contributed by atoms with Gasteiger partial charge in [-0.3, -0.25) is 14.3 Å². The molecule has 1 aromatic carbocycles. The standard InChI is InChI=1S/C23H31N3O3/c1-2-29-22(28)23(13-6-11-20-9-4-3-5-10-20)14-7-16-25(19-23)21(27)12-18-26-17-8-15-24-26/h3-5,8-10,15,17H,2,6-7,11-14,16,18-19H2,1H3/t23-/m0/s1. The largest absolute Gasteiger partial charge is 0.466 e. The molecule has 0 unspecified atom stereocenters. The van der Waals surface area contributed by atoms with Crippen molar-refractivity contribution in [2.24, 2.45) is 5.41 Å². The molecule has 0 saturated carbocycles. The Labute approximate surface area is 172 Å². The van der Waals surface area contributed by atoms with Crippen LogP contribution in [0.15, 0.2) is 48.8 Å². The third-order valence-corrected chi connectivity index (χ3v) is 5.72. The number of ether oxygens (including phenoxy) is 1. The Hall–Kier alpha value is -2.63.